The molecule has 0 atom stereocenters. The SMILES string of the molecule is O=C(O)c1cccc(C2=CCS(=O)(=O)CC2)c1. The van der Waals surface area contributed by atoms with Crippen molar-refractivity contribution in [2.75, 3.05) is 11.5 Å². The van der Waals surface area contributed by atoms with Gasteiger partial charge in [0.2, 0.25) is 0 Å². The first-order valence-corrected chi connectivity index (χ1v) is 7.03. The van der Waals surface area contributed by atoms with Crippen molar-refractivity contribution in [1.29, 1.82) is 0 Å². The van der Waals surface area contributed by atoms with Crippen LogP contribution in [0.25, 0.3) is 5.57 Å². The van der Waals surface area contributed by atoms with E-state index >= 15 is 0 Å². The van der Waals surface area contributed by atoms with Gasteiger partial charge in [-0.2, -0.15) is 0 Å². The molecule has 0 saturated carbocycles. The van der Waals surface area contributed by atoms with Crippen LogP contribution in [0, 0.1) is 0 Å². The van der Waals surface area contributed by atoms with Gasteiger partial charge in [0.05, 0.1) is 17.1 Å². The Balaban J connectivity index is 2.33. The third kappa shape index (κ3) is 2.74. The fraction of sp³-hybridized carbons (Fsp3) is 0.250. The van der Waals surface area contributed by atoms with Crippen LogP contribution in [-0.4, -0.2) is 31.0 Å². The Labute approximate surface area is 99.5 Å². The summed E-state index contributed by atoms with van der Waals surface area (Å²) in [7, 11) is -2.94. The second kappa shape index (κ2) is 4.33. The van der Waals surface area contributed by atoms with E-state index in [2.05, 4.69) is 0 Å². The maximum atomic E-state index is 11.3. The largest absolute Gasteiger partial charge is 0.478 e. The maximum Gasteiger partial charge on any atom is 0.335 e. The number of rotatable bonds is 2. The Morgan fingerprint density at radius 2 is 2.06 bits per heavy atom. The van der Waals surface area contributed by atoms with Gasteiger partial charge in [-0.1, -0.05) is 18.2 Å². The lowest BCUT2D eigenvalue weighted by atomic mass is 10.0. The molecule has 0 spiro atoms. The minimum Gasteiger partial charge on any atom is -0.478 e. The van der Waals surface area contributed by atoms with E-state index in [-0.39, 0.29) is 17.1 Å². The Kier molecular flexibility index (Phi) is 3.02. The second-order valence-corrected chi connectivity index (χ2v) is 6.21. The quantitative estimate of drug-likeness (QED) is 0.867. The smallest absolute Gasteiger partial charge is 0.335 e. The van der Waals surface area contributed by atoms with Gasteiger partial charge in [0, 0.05) is 0 Å². The molecule has 1 aliphatic rings. The van der Waals surface area contributed by atoms with Crippen LogP contribution in [0.3, 0.4) is 0 Å². The number of carbonyl (C=O) groups is 1. The number of aromatic carboxylic acids is 1. The molecule has 0 bridgehead atoms. The molecule has 1 aromatic carbocycles. The van der Waals surface area contributed by atoms with E-state index < -0.39 is 15.8 Å². The zero-order valence-corrected chi connectivity index (χ0v) is 9.90. The van der Waals surface area contributed by atoms with Gasteiger partial charge < -0.3 is 5.11 Å². The lowest BCUT2D eigenvalue weighted by molar-refractivity contribution is 0.0697. The van der Waals surface area contributed by atoms with Gasteiger partial charge in [0.25, 0.3) is 0 Å². The van der Waals surface area contributed by atoms with Crippen molar-refractivity contribution >= 4 is 21.4 Å². The van der Waals surface area contributed by atoms with Gasteiger partial charge in [0.1, 0.15) is 0 Å². The molecular weight excluding hydrogens is 240 g/mol. The van der Waals surface area contributed by atoms with Crippen molar-refractivity contribution in [3.8, 4) is 0 Å². The molecule has 2 rings (SSSR count). The number of benzene rings is 1. The van der Waals surface area contributed by atoms with Crippen molar-refractivity contribution in [2.45, 2.75) is 6.42 Å². The van der Waals surface area contributed by atoms with E-state index in [0.717, 1.165) is 11.1 Å². The molecule has 0 fully saturated rings. The first-order valence-electron chi connectivity index (χ1n) is 5.21. The van der Waals surface area contributed by atoms with Crippen LogP contribution < -0.4 is 0 Å². The predicted molar refractivity (Wildman–Crippen MR) is 64.6 cm³/mol. The number of carboxylic acids is 1. The summed E-state index contributed by atoms with van der Waals surface area (Å²) >= 11 is 0. The van der Waals surface area contributed by atoms with Crippen molar-refractivity contribution in [3.05, 3.63) is 41.5 Å². The van der Waals surface area contributed by atoms with Gasteiger partial charge in [-0.25, -0.2) is 13.2 Å². The van der Waals surface area contributed by atoms with Crippen LogP contribution in [-0.2, 0) is 9.84 Å². The molecule has 90 valence electrons. The number of sulfone groups is 1. The van der Waals surface area contributed by atoms with Gasteiger partial charge in [0.15, 0.2) is 9.84 Å². The Morgan fingerprint density at radius 1 is 1.29 bits per heavy atom. The zero-order chi connectivity index (χ0) is 12.5. The molecule has 0 unspecified atom stereocenters. The normalized spacial score (nSPS) is 18.5. The highest BCUT2D eigenvalue weighted by Crippen LogP contribution is 2.24. The molecule has 0 amide bonds. The third-order valence-corrected chi connectivity index (χ3v) is 4.25. The summed E-state index contributed by atoms with van der Waals surface area (Å²) in [6.45, 7) is 0. The second-order valence-electron chi connectivity index (χ2n) is 3.98. The van der Waals surface area contributed by atoms with Crippen LogP contribution in [0.15, 0.2) is 30.3 Å². The maximum absolute atomic E-state index is 11.3. The van der Waals surface area contributed by atoms with E-state index in [9.17, 15) is 13.2 Å². The summed E-state index contributed by atoms with van der Waals surface area (Å²) in [5.41, 5.74) is 1.92. The van der Waals surface area contributed by atoms with Gasteiger partial charge in [-0.05, 0) is 29.7 Å². The fourth-order valence-electron chi connectivity index (χ4n) is 1.79. The Bertz CT molecular complexity index is 584. The molecule has 5 heteroatoms. The Morgan fingerprint density at radius 3 is 2.65 bits per heavy atom. The van der Waals surface area contributed by atoms with Crippen LogP contribution >= 0.6 is 0 Å². The monoisotopic (exact) mass is 252 g/mol. The minimum atomic E-state index is -2.94. The first-order chi connectivity index (χ1) is 7.98. The first kappa shape index (κ1) is 11.9. The molecule has 0 saturated heterocycles. The number of carboxylic acid groups (broad SMARTS) is 1. The molecule has 1 N–H and O–H groups in total. The van der Waals surface area contributed by atoms with E-state index in [1.54, 1.807) is 24.3 Å². The highest BCUT2D eigenvalue weighted by Gasteiger charge is 2.17. The van der Waals surface area contributed by atoms with Gasteiger partial charge >= 0.3 is 5.97 Å². The number of allylic oxidation sites excluding steroid dienone is 1. The average molecular weight is 252 g/mol. The number of hydrogen-bond donors (Lipinski definition) is 1. The molecule has 1 aromatic rings. The van der Waals surface area contributed by atoms with Crippen molar-refractivity contribution < 1.29 is 18.3 Å². The van der Waals surface area contributed by atoms with E-state index in [0.29, 0.717) is 6.42 Å². The lowest BCUT2D eigenvalue weighted by Crippen LogP contribution is -2.15. The summed E-state index contributed by atoms with van der Waals surface area (Å²) in [6, 6.07) is 6.57. The molecule has 1 heterocycles. The van der Waals surface area contributed by atoms with Crippen molar-refractivity contribution in [2.24, 2.45) is 0 Å². The molecular formula is C12H12O4S. The molecule has 0 aromatic heterocycles. The topological polar surface area (TPSA) is 71.4 Å². The van der Waals surface area contributed by atoms with E-state index in [4.69, 9.17) is 5.11 Å². The van der Waals surface area contributed by atoms with Crippen molar-refractivity contribution in [3.63, 3.8) is 0 Å². The standard InChI is InChI=1S/C12H12O4S/c13-12(14)11-3-1-2-10(8-11)9-4-6-17(15,16)7-5-9/h1-4,8H,5-7H2,(H,13,14). The molecule has 17 heavy (non-hydrogen) atoms. The third-order valence-electron chi connectivity index (χ3n) is 2.75. The summed E-state index contributed by atoms with van der Waals surface area (Å²) in [4.78, 5) is 10.8. The lowest BCUT2D eigenvalue weighted by Gasteiger charge is -2.13. The van der Waals surface area contributed by atoms with Crippen LogP contribution in [0.5, 0.6) is 0 Å². The predicted octanol–water partition coefficient (Wildman–Crippen LogP) is 1.59. The van der Waals surface area contributed by atoms with E-state index in [1.165, 1.54) is 6.07 Å². The minimum absolute atomic E-state index is 0.0413. The van der Waals surface area contributed by atoms with Crippen LogP contribution in [0.2, 0.25) is 0 Å². The summed E-state index contributed by atoms with van der Waals surface area (Å²) in [5.74, 6) is -0.800. The van der Waals surface area contributed by atoms with Crippen LogP contribution in [0.1, 0.15) is 22.3 Å². The number of hydrogen-bond acceptors (Lipinski definition) is 3. The zero-order valence-electron chi connectivity index (χ0n) is 9.09. The fourth-order valence-corrected chi connectivity index (χ4v) is 2.95. The summed E-state index contributed by atoms with van der Waals surface area (Å²) < 4.78 is 22.5. The van der Waals surface area contributed by atoms with Gasteiger partial charge in [-0.3, -0.25) is 0 Å². The molecule has 4 nitrogen and oxygen atoms in total. The van der Waals surface area contributed by atoms with Crippen molar-refractivity contribution in [1.82, 2.24) is 0 Å². The van der Waals surface area contributed by atoms with E-state index in [1.807, 2.05) is 0 Å². The summed E-state index contributed by atoms with van der Waals surface area (Å²) in [5, 5.41) is 8.88. The average Bonchev–Trinajstić information content (AvgIpc) is 2.29. The van der Waals surface area contributed by atoms with Gasteiger partial charge in [-0.15, -0.1) is 0 Å². The summed E-state index contributed by atoms with van der Waals surface area (Å²) in [6.07, 6.45) is 2.12. The highest BCUT2D eigenvalue weighted by atomic mass is 32.2. The molecule has 1 aliphatic heterocycles. The highest BCUT2D eigenvalue weighted by molar-refractivity contribution is 7.91. The molecule has 0 aliphatic carbocycles. The Hall–Kier alpha value is -1.62. The van der Waals surface area contributed by atoms with Crippen LogP contribution in [0.4, 0.5) is 0 Å². The molecule has 0 radical (unpaired) electrons.